The van der Waals surface area contributed by atoms with Crippen LogP contribution in [-0.4, -0.2) is 71.2 Å². The first kappa shape index (κ1) is 26.0. The zero-order valence-electron chi connectivity index (χ0n) is 22.0. The lowest BCUT2D eigenvalue weighted by molar-refractivity contribution is -0.144. The molecule has 2 fully saturated rings. The van der Waals surface area contributed by atoms with Crippen LogP contribution in [0.5, 0.6) is 11.5 Å². The first-order valence-corrected chi connectivity index (χ1v) is 13.3. The number of methoxy groups -OCH3 is 2. The van der Waals surface area contributed by atoms with Crippen LogP contribution in [0.2, 0.25) is 0 Å². The first-order chi connectivity index (χ1) is 18.6. The molecule has 202 valence electrons. The van der Waals surface area contributed by atoms with Gasteiger partial charge in [0.05, 0.1) is 25.8 Å². The van der Waals surface area contributed by atoms with Gasteiger partial charge in [-0.1, -0.05) is 30.2 Å². The normalized spacial score (nSPS) is 18.4. The Morgan fingerprint density at radius 3 is 2.66 bits per heavy atom. The van der Waals surface area contributed by atoms with Gasteiger partial charge >= 0.3 is 0 Å². The number of para-hydroxylation sites is 1. The van der Waals surface area contributed by atoms with Gasteiger partial charge in [-0.2, -0.15) is 0 Å². The van der Waals surface area contributed by atoms with E-state index in [-0.39, 0.29) is 30.5 Å². The summed E-state index contributed by atoms with van der Waals surface area (Å²) in [5.74, 6) is 0.649. The number of rotatable bonds is 10. The Hall–Kier alpha value is -3.66. The fourth-order valence-corrected chi connectivity index (χ4v) is 5.56. The van der Waals surface area contributed by atoms with Crippen molar-refractivity contribution in [1.29, 1.82) is 0 Å². The predicted molar refractivity (Wildman–Crippen MR) is 141 cm³/mol. The van der Waals surface area contributed by atoms with Crippen LogP contribution < -0.4 is 14.8 Å². The van der Waals surface area contributed by atoms with E-state index in [2.05, 4.69) is 15.6 Å². The average Bonchev–Trinajstić information content (AvgIpc) is 3.73. The number of benzene rings is 2. The monoisotopic (exact) mass is 521 g/mol. The zero-order valence-corrected chi connectivity index (χ0v) is 22.0. The summed E-state index contributed by atoms with van der Waals surface area (Å²) in [4.78, 5) is 29.8. The molecule has 0 bridgehead atoms. The molecule has 2 heterocycles. The van der Waals surface area contributed by atoms with E-state index in [1.807, 2.05) is 30.3 Å². The summed E-state index contributed by atoms with van der Waals surface area (Å²) >= 11 is 0. The SMILES string of the molecule is COc1ccc([C@@H](C(=O)NC[C@H]2CCCO2)N(C(=O)Cn2nnc3ccccc32)C2CCCC2)c(OC)c1. The number of ether oxygens (including phenoxy) is 3. The minimum absolute atomic E-state index is 0.0190. The molecule has 1 N–H and O–H groups in total. The fourth-order valence-electron chi connectivity index (χ4n) is 5.56. The van der Waals surface area contributed by atoms with Crippen molar-refractivity contribution in [2.24, 2.45) is 0 Å². The maximum absolute atomic E-state index is 14.1. The van der Waals surface area contributed by atoms with E-state index >= 15 is 0 Å². The fraction of sp³-hybridized carbons (Fsp3) is 0.500. The second-order valence-corrected chi connectivity index (χ2v) is 9.87. The minimum atomic E-state index is -0.886. The highest BCUT2D eigenvalue weighted by Gasteiger charge is 2.39. The van der Waals surface area contributed by atoms with Crippen molar-refractivity contribution in [2.45, 2.75) is 63.3 Å². The van der Waals surface area contributed by atoms with Crippen molar-refractivity contribution >= 4 is 22.8 Å². The average molecular weight is 522 g/mol. The summed E-state index contributed by atoms with van der Waals surface area (Å²) in [6, 6.07) is 11.9. The van der Waals surface area contributed by atoms with Gasteiger partial charge in [-0.3, -0.25) is 9.59 Å². The Balaban J connectivity index is 1.52. The van der Waals surface area contributed by atoms with Crippen LogP contribution >= 0.6 is 0 Å². The molecule has 1 aromatic heterocycles. The largest absolute Gasteiger partial charge is 0.497 e. The Bertz CT molecular complexity index is 1270. The molecule has 1 aliphatic carbocycles. The standard InChI is InChI=1S/C28H35N5O5/c1-36-20-13-14-22(25(16-20)37-2)27(28(35)29-17-21-10-7-15-38-21)33(19-8-3-4-9-19)26(34)18-32-24-12-6-5-11-23(24)30-31-32/h5-6,11-14,16,19,21,27H,3-4,7-10,15,17-18H2,1-2H3,(H,29,35)/t21-,27+/m1/s1. The van der Waals surface area contributed by atoms with Crippen molar-refractivity contribution in [2.75, 3.05) is 27.4 Å². The lowest BCUT2D eigenvalue weighted by Gasteiger charge is -2.36. The van der Waals surface area contributed by atoms with Gasteiger partial charge in [-0.15, -0.1) is 5.10 Å². The van der Waals surface area contributed by atoms with Crippen molar-refractivity contribution in [1.82, 2.24) is 25.2 Å². The van der Waals surface area contributed by atoms with E-state index in [0.717, 1.165) is 49.6 Å². The second kappa shape index (κ2) is 11.8. The highest BCUT2D eigenvalue weighted by molar-refractivity contribution is 5.90. The number of fused-ring (bicyclic) bond motifs is 1. The second-order valence-electron chi connectivity index (χ2n) is 9.87. The molecule has 2 aliphatic rings. The summed E-state index contributed by atoms with van der Waals surface area (Å²) in [5.41, 5.74) is 2.10. The van der Waals surface area contributed by atoms with E-state index < -0.39 is 6.04 Å². The van der Waals surface area contributed by atoms with E-state index in [0.29, 0.717) is 30.2 Å². The zero-order chi connectivity index (χ0) is 26.5. The highest BCUT2D eigenvalue weighted by atomic mass is 16.5. The van der Waals surface area contributed by atoms with Crippen LogP contribution in [0.1, 0.15) is 50.1 Å². The quantitative estimate of drug-likeness (QED) is 0.436. The van der Waals surface area contributed by atoms with Crippen molar-refractivity contribution < 1.29 is 23.8 Å². The van der Waals surface area contributed by atoms with Crippen LogP contribution in [0, 0.1) is 0 Å². The molecular weight excluding hydrogens is 486 g/mol. The lowest BCUT2D eigenvalue weighted by atomic mass is 9.99. The molecule has 3 aromatic rings. The molecule has 2 aromatic carbocycles. The molecule has 1 aliphatic heterocycles. The number of nitrogens with zero attached hydrogens (tertiary/aromatic N) is 4. The number of aromatic nitrogens is 3. The van der Waals surface area contributed by atoms with Gasteiger partial charge in [0, 0.05) is 30.8 Å². The lowest BCUT2D eigenvalue weighted by Crippen LogP contribution is -2.50. The summed E-state index contributed by atoms with van der Waals surface area (Å²) < 4.78 is 18.4. The molecule has 1 saturated carbocycles. The van der Waals surface area contributed by atoms with Crippen LogP contribution in [0.25, 0.3) is 11.0 Å². The summed E-state index contributed by atoms with van der Waals surface area (Å²) in [6.07, 6.45) is 5.54. The number of nitrogens with one attached hydrogen (secondary N) is 1. The molecule has 2 amide bonds. The van der Waals surface area contributed by atoms with Gasteiger partial charge in [0.25, 0.3) is 0 Å². The summed E-state index contributed by atoms with van der Waals surface area (Å²) in [5, 5.41) is 11.5. The van der Waals surface area contributed by atoms with Gasteiger partial charge in [-0.25, -0.2) is 4.68 Å². The topological polar surface area (TPSA) is 108 Å². The van der Waals surface area contributed by atoms with Crippen LogP contribution in [0.4, 0.5) is 0 Å². The molecule has 1 saturated heterocycles. The number of carbonyl (C=O) groups excluding carboxylic acids is 2. The summed E-state index contributed by atoms with van der Waals surface area (Å²) in [7, 11) is 3.14. The van der Waals surface area contributed by atoms with Crippen LogP contribution in [0.3, 0.4) is 0 Å². The van der Waals surface area contributed by atoms with Crippen LogP contribution in [0.15, 0.2) is 42.5 Å². The molecule has 5 rings (SSSR count). The van der Waals surface area contributed by atoms with Crippen molar-refractivity contribution in [3.05, 3.63) is 48.0 Å². The maximum atomic E-state index is 14.1. The third-order valence-electron chi connectivity index (χ3n) is 7.50. The third-order valence-corrected chi connectivity index (χ3v) is 7.50. The first-order valence-electron chi connectivity index (χ1n) is 13.3. The Labute approximate surface area is 222 Å². The van der Waals surface area contributed by atoms with Gasteiger partial charge in [0.1, 0.15) is 29.6 Å². The van der Waals surface area contributed by atoms with E-state index in [4.69, 9.17) is 14.2 Å². The number of amides is 2. The number of hydrogen-bond donors (Lipinski definition) is 1. The van der Waals surface area contributed by atoms with E-state index in [1.54, 1.807) is 35.9 Å². The van der Waals surface area contributed by atoms with Gasteiger partial charge in [0.15, 0.2) is 0 Å². The third kappa shape index (κ3) is 5.45. The van der Waals surface area contributed by atoms with Crippen LogP contribution in [-0.2, 0) is 20.9 Å². The van der Waals surface area contributed by atoms with Gasteiger partial charge in [0.2, 0.25) is 11.8 Å². The van der Waals surface area contributed by atoms with Crippen molar-refractivity contribution in [3.8, 4) is 11.5 Å². The predicted octanol–water partition coefficient (Wildman–Crippen LogP) is 3.26. The van der Waals surface area contributed by atoms with Crippen molar-refractivity contribution in [3.63, 3.8) is 0 Å². The molecule has 0 spiro atoms. The highest BCUT2D eigenvalue weighted by Crippen LogP contribution is 2.37. The Kier molecular flexibility index (Phi) is 8.07. The Morgan fingerprint density at radius 1 is 1.11 bits per heavy atom. The molecule has 38 heavy (non-hydrogen) atoms. The number of carbonyl (C=O) groups is 2. The number of hydrogen-bond acceptors (Lipinski definition) is 7. The van der Waals surface area contributed by atoms with E-state index in [1.165, 1.54) is 0 Å². The smallest absolute Gasteiger partial charge is 0.247 e. The molecule has 2 atom stereocenters. The minimum Gasteiger partial charge on any atom is -0.497 e. The molecule has 10 nitrogen and oxygen atoms in total. The summed E-state index contributed by atoms with van der Waals surface area (Å²) in [6.45, 7) is 1.08. The van der Waals surface area contributed by atoms with E-state index in [9.17, 15) is 9.59 Å². The maximum Gasteiger partial charge on any atom is 0.247 e. The van der Waals surface area contributed by atoms with Gasteiger partial charge < -0.3 is 24.4 Å². The Morgan fingerprint density at radius 2 is 1.92 bits per heavy atom. The molecular formula is C28H35N5O5. The molecule has 0 unspecified atom stereocenters. The molecule has 0 radical (unpaired) electrons. The van der Waals surface area contributed by atoms with Gasteiger partial charge in [-0.05, 0) is 49.9 Å². The molecule has 10 heteroatoms.